The summed E-state index contributed by atoms with van der Waals surface area (Å²) >= 11 is 0. The summed E-state index contributed by atoms with van der Waals surface area (Å²) < 4.78 is 7.78. The number of aromatic nitrogens is 1. The first-order chi connectivity index (χ1) is 18.2. The summed E-state index contributed by atoms with van der Waals surface area (Å²) in [6.07, 6.45) is 7.21. The number of likely N-dealkylation sites (N-methyl/N-ethyl adjacent to an activating group) is 2. The van der Waals surface area contributed by atoms with E-state index in [9.17, 15) is 4.79 Å². The number of anilines is 3. The third-order valence-corrected chi connectivity index (χ3v) is 6.21. The number of carbonyl (C=O) groups is 1. The minimum absolute atomic E-state index is 0.265. The Morgan fingerprint density at radius 2 is 2.00 bits per heavy atom. The number of ether oxygens (including phenoxy) is 1. The van der Waals surface area contributed by atoms with Crippen LogP contribution in [-0.2, 0) is 11.8 Å². The van der Waals surface area contributed by atoms with Gasteiger partial charge >= 0.3 is 0 Å². The smallest absolute Gasteiger partial charge is 0.247 e. The van der Waals surface area contributed by atoms with E-state index >= 15 is 0 Å². The zero-order valence-electron chi connectivity index (χ0n) is 23.3. The van der Waals surface area contributed by atoms with Gasteiger partial charge in [-0.05, 0) is 45.4 Å². The molecule has 11 nitrogen and oxygen atoms in total. The van der Waals surface area contributed by atoms with Gasteiger partial charge in [-0.3, -0.25) is 4.79 Å². The predicted octanol–water partition coefficient (Wildman–Crippen LogP) is 2.43. The van der Waals surface area contributed by atoms with Gasteiger partial charge in [0.25, 0.3) is 0 Å². The zero-order chi connectivity index (χ0) is 27.8. The molecular weight excluding hydrogens is 482 g/mol. The van der Waals surface area contributed by atoms with Gasteiger partial charge in [-0.2, -0.15) is 0 Å². The maximum Gasteiger partial charge on any atom is 0.247 e. The van der Waals surface area contributed by atoms with Gasteiger partial charge in [0.15, 0.2) is 0 Å². The molecule has 11 heteroatoms. The molecular formula is C27H39N9O2. The molecule has 1 amide bonds. The van der Waals surface area contributed by atoms with Crippen LogP contribution in [0.15, 0.2) is 47.2 Å². The zero-order valence-corrected chi connectivity index (χ0v) is 23.3. The monoisotopic (exact) mass is 521 g/mol. The first kappa shape index (κ1) is 28.3. The number of aliphatic imine (C=N–C) groups is 2. The van der Waals surface area contributed by atoms with Gasteiger partial charge in [-0.15, -0.1) is 0 Å². The van der Waals surface area contributed by atoms with Crippen LogP contribution in [0.1, 0.15) is 16.8 Å². The number of rotatable bonds is 11. The topological polar surface area (TPSA) is 111 Å². The maximum atomic E-state index is 12.2. The fourth-order valence-electron chi connectivity index (χ4n) is 3.94. The molecule has 4 N–H and O–H groups in total. The molecule has 1 aromatic heterocycles. The number of benzene rings is 1. The molecule has 0 atom stereocenters. The second-order valence-corrected chi connectivity index (χ2v) is 9.17. The van der Waals surface area contributed by atoms with Crippen LogP contribution in [0.25, 0.3) is 6.08 Å². The summed E-state index contributed by atoms with van der Waals surface area (Å²) in [6.45, 7) is 7.52. The van der Waals surface area contributed by atoms with Crippen molar-refractivity contribution in [1.29, 1.82) is 0 Å². The summed E-state index contributed by atoms with van der Waals surface area (Å²) in [5, 5.41) is 12.6. The third kappa shape index (κ3) is 6.74. The lowest BCUT2D eigenvalue weighted by molar-refractivity contribution is -0.111. The number of amidine groups is 1. The van der Waals surface area contributed by atoms with Crippen LogP contribution in [0.4, 0.5) is 17.1 Å². The van der Waals surface area contributed by atoms with Gasteiger partial charge in [-0.25, -0.2) is 9.98 Å². The van der Waals surface area contributed by atoms with E-state index in [1.54, 1.807) is 7.11 Å². The lowest BCUT2D eigenvalue weighted by atomic mass is 10.1. The van der Waals surface area contributed by atoms with Crippen molar-refractivity contribution in [3.63, 3.8) is 0 Å². The van der Waals surface area contributed by atoms with Crippen LogP contribution in [0.3, 0.4) is 0 Å². The van der Waals surface area contributed by atoms with Crippen molar-refractivity contribution in [2.45, 2.75) is 6.92 Å². The van der Waals surface area contributed by atoms with Crippen molar-refractivity contribution in [2.24, 2.45) is 17.0 Å². The molecule has 0 unspecified atom stereocenters. The van der Waals surface area contributed by atoms with Crippen molar-refractivity contribution in [2.75, 3.05) is 70.6 Å². The Hall–Kier alpha value is -4.25. The highest BCUT2D eigenvalue weighted by molar-refractivity contribution is 6.15. The Kier molecular flexibility index (Phi) is 9.55. The molecule has 204 valence electrons. The minimum Gasteiger partial charge on any atom is -0.494 e. The molecule has 1 aliphatic rings. The second-order valence-electron chi connectivity index (χ2n) is 9.17. The summed E-state index contributed by atoms with van der Waals surface area (Å²) in [5.41, 5.74) is 5.24. The van der Waals surface area contributed by atoms with Gasteiger partial charge in [0.05, 0.1) is 24.2 Å². The lowest BCUT2D eigenvalue weighted by Crippen LogP contribution is -2.39. The summed E-state index contributed by atoms with van der Waals surface area (Å²) in [6, 6.07) is 3.74. The number of carbonyl (C=O) groups excluding carboxylic acids is 1. The summed E-state index contributed by atoms with van der Waals surface area (Å²) in [5.74, 6) is 1.54. The molecule has 2 aromatic rings. The molecule has 3 rings (SSSR count). The fourth-order valence-corrected chi connectivity index (χ4v) is 3.94. The Morgan fingerprint density at radius 1 is 1.24 bits per heavy atom. The Balaban J connectivity index is 1.91. The number of hydrogen-bond acceptors (Lipinski definition) is 9. The van der Waals surface area contributed by atoms with Crippen molar-refractivity contribution in [3.05, 3.63) is 54.0 Å². The number of amides is 1. The van der Waals surface area contributed by atoms with Gasteiger partial charge < -0.3 is 40.4 Å². The van der Waals surface area contributed by atoms with E-state index in [4.69, 9.17) is 4.74 Å². The minimum atomic E-state index is -0.299. The Morgan fingerprint density at radius 3 is 2.66 bits per heavy atom. The van der Waals surface area contributed by atoms with Crippen molar-refractivity contribution >= 4 is 40.8 Å². The van der Waals surface area contributed by atoms with E-state index in [1.165, 1.54) is 6.08 Å². The van der Waals surface area contributed by atoms with Crippen LogP contribution in [-0.4, -0.2) is 82.2 Å². The largest absolute Gasteiger partial charge is 0.494 e. The molecule has 0 saturated carbocycles. The van der Waals surface area contributed by atoms with Gasteiger partial charge in [-0.1, -0.05) is 6.58 Å². The normalized spacial score (nSPS) is 13.1. The van der Waals surface area contributed by atoms with E-state index < -0.39 is 0 Å². The standard InChI is InChI=1S/C27H39N9O2/c1-9-25(37)31-21-14-22(24(38-8)15-23(21)35(6)13-12-34(4)5)32-27-30-17-29-26(33-27)20-16-36(7)18(2)19(20)10-11-28-3/h9-11,14-16,28H,1,12-13,17H2,2-8H3,(H,31,37)(H2,29,30,32,33)/b11-10-. The number of nitrogens with one attached hydrogen (secondary N) is 4. The molecule has 1 aromatic carbocycles. The van der Waals surface area contributed by atoms with Gasteiger partial charge in [0.1, 0.15) is 18.3 Å². The average molecular weight is 522 g/mol. The number of guanidine groups is 1. The van der Waals surface area contributed by atoms with Crippen LogP contribution in [0, 0.1) is 6.92 Å². The van der Waals surface area contributed by atoms with Crippen molar-refractivity contribution < 1.29 is 9.53 Å². The van der Waals surface area contributed by atoms with Crippen LogP contribution < -0.4 is 30.9 Å². The van der Waals surface area contributed by atoms with E-state index in [-0.39, 0.29) is 12.6 Å². The van der Waals surface area contributed by atoms with E-state index in [2.05, 4.69) is 59.1 Å². The molecule has 0 fully saturated rings. The highest BCUT2D eigenvalue weighted by atomic mass is 16.5. The molecule has 1 aliphatic heterocycles. The molecule has 2 heterocycles. The molecule has 0 aliphatic carbocycles. The quantitative estimate of drug-likeness (QED) is 0.336. The van der Waals surface area contributed by atoms with Gasteiger partial charge in [0.2, 0.25) is 11.9 Å². The summed E-state index contributed by atoms with van der Waals surface area (Å²) in [7, 11) is 11.5. The highest BCUT2D eigenvalue weighted by Gasteiger charge is 2.20. The van der Waals surface area contributed by atoms with E-state index in [0.717, 1.165) is 35.6 Å². The van der Waals surface area contributed by atoms with Crippen molar-refractivity contribution in [3.8, 4) is 5.75 Å². The first-order valence-electron chi connectivity index (χ1n) is 12.3. The Labute approximate surface area is 225 Å². The predicted molar refractivity (Wildman–Crippen MR) is 157 cm³/mol. The average Bonchev–Trinajstić information content (AvgIpc) is 3.19. The number of nitrogens with zero attached hydrogens (tertiary/aromatic N) is 5. The molecule has 0 spiro atoms. The van der Waals surface area contributed by atoms with E-state index in [1.807, 2.05) is 65.8 Å². The van der Waals surface area contributed by atoms with Crippen molar-refractivity contribution in [1.82, 2.24) is 20.1 Å². The number of aryl methyl sites for hydroxylation is 1. The molecule has 0 bridgehead atoms. The second kappa shape index (κ2) is 12.8. The lowest BCUT2D eigenvalue weighted by Gasteiger charge is -2.26. The van der Waals surface area contributed by atoms with Crippen LogP contribution >= 0.6 is 0 Å². The SMILES string of the molecule is C=CC(=O)Nc1cc(NC2=NCN=C(c3cn(C)c(C)c3/C=C\NC)N2)c(OC)cc1N(C)CCN(C)C. The molecule has 38 heavy (non-hydrogen) atoms. The Bertz CT molecular complexity index is 1260. The maximum absolute atomic E-state index is 12.2. The number of methoxy groups -OCH3 is 1. The van der Waals surface area contributed by atoms with Crippen LogP contribution in [0.2, 0.25) is 0 Å². The highest BCUT2D eigenvalue weighted by Crippen LogP contribution is 2.37. The fraction of sp³-hybridized carbons (Fsp3) is 0.370. The molecule has 0 radical (unpaired) electrons. The van der Waals surface area contributed by atoms with Gasteiger partial charge in [0, 0.05) is 63.3 Å². The van der Waals surface area contributed by atoms with Crippen LogP contribution in [0.5, 0.6) is 5.75 Å². The first-order valence-corrected chi connectivity index (χ1v) is 12.3. The van der Waals surface area contributed by atoms with E-state index in [0.29, 0.717) is 28.9 Å². The third-order valence-electron chi connectivity index (χ3n) is 6.21. The number of hydrogen-bond donors (Lipinski definition) is 4. The molecule has 0 saturated heterocycles. The summed E-state index contributed by atoms with van der Waals surface area (Å²) in [4.78, 5) is 25.5.